The van der Waals surface area contributed by atoms with Gasteiger partial charge in [-0.25, -0.2) is 4.79 Å². The van der Waals surface area contributed by atoms with Crippen LogP contribution in [0.3, 0.4) is 0 Å². The number of ether oxygens (including phenoxy) is 1. The Morgan fingerprint density at radius 1 is 1.83 bits per heavy atom. The fourth-order valence-electron chi connectivity index (χ4n) is 0.665. The number of aliphatic imine (C=N–C) groups is 1. The Hall–Kier alpha value is -1.16. The maximum Gasteiger partial charge on any atom is 0.348 e. The number of carbonyl (C=O) groups excluding carboxylic acids is 1. The zero-order valence-corrected chi connectivity index (χ0v) is 7.50. The Morgan fingerprint density at radius 2 is 2.67 bits per heavy atom. The maximum absolute atomic E-state index is 10.6. The van der Waals surface area contributed by atoms with Crippen molar-refractivity contribution in [3.8, 4) is 0 Å². The zero-order chi connectivity index (χ0) is 8.81. The predicted molar refractivity (Wildman–Crippen MR) is 48.5 cm³/mol. The van der Waals surface area contributed by atoms with Crippen LogP contribution in [0.1, 0.15) is 4.88 Å². The van der Waals surface area contributed by atoms with E-state index in [2.05, 4.69) is 9.73 Å². The molecular formula is C8H9NO2S. The summed E-state index contributed by atoms with van der Waals surface area (Å²) in [5, 5.41) is 1.98. The summed E-state index contributed by atoms with van der Waals surface area (Å²) >= 11 is 1.62. The molecule has 0 aliphatic rings. The molecule has 3 nitrogen and oxygen atoms in total. The highest BCUT2D eigenvalue weighted by Crippen LogP contribution is 2.08. The second-order valence-electron chi connectivity index (χ2n) is 2.07. The molecule has 0 aliphatic heterocycles. The van der Waals surface area contributed by atoms with E-state index < -0.39 is 5.97 Å². The fraction of sp³-hybridized carbons (Fsp3) is 0.250. The Morgan fingerprint density at radius 3 is 3.25 bits per heavy atom. The zero-order valence-electron chi connectivity index (χ0n) is 6.69. The summed E-state index contributed by atoms with van der Waals surface area (Å²) in [6.07, 6.45) is 1.19. The van der Waals surface area contributed by atoms with Gasteiger partial charge in [-0.1, -0.05) is 6.07 Å². The molecule has 0 amide bonds. The SMILES string of the molecule is COC(=O)C=NCc1cccs1. The van der Waals surface area contributed by atoms with Crippen molar-refractivity contribution in [2.75, 3.05) is 7.11 Å². The summed E-state index contributed by atoms with van der Waals surface area (Å²) in [5.41, 5.74) is 0. The van der Waals surface area contributed by atoms with Crippen LogP contribution in [0.25, 0.3) is 0 Å². The van der Waals surface area contributed by atoms with Crippen LogP contribution in [0.4, 0.5) is 0 Å². The summed E-state index contributed by atoms with van der Waals surface area (Å²) in [6, 6.07) is 3.92. The van der Waals surface area contributed by atoms with Crippen LogP contribution in [-0.4, -0.2) is 19.3 Å². The minimum atomic E-state index is -0.411. The largest absolute Gasteiger partial charge is 0.465 e. The van der Waals surface area contributed by atoms with Gasteiger partial charge in [0.05, 0.1) is 13.7 Å². The standard InChI is InChI=1S/C8H9NO2S/c1-11-8(10)6-9-5-7-3-2-4-12-7/h2-4,6H,5H2,1H3. The minimum Gasteiger partial charge on any atom is -0.465 e. The Labute approximate surface area is 74.7 Å². The number of esters is 1. The minimum absolute atomic E-state index is 0.411. The third-order valence-corrected chi connectivity index (χ3v) is 2.09. The van der Waals surface area contributed by atoms with Crippen LogP contribution in [-0.2, 0) is 16.1 Å². The number of nitrogens with zero attached hydrogens (tertiary/aromatic N) is 1. The van der Waals surface area contributed by atoms with E-state index in [1.165, 1.54) is 13.3 Å². The highest BCUT2D eigenvalue weighted by molar-refractivity contribution is 7.09. The second-order valence-corrected chi connectivity index (χ2v) is 3.10. The van der Waals surface area contributed by atoms with E-state index in [1.54, 1.807) is 11.3 Å². The monoisotopic (exact) mass is 183 g/mol. The van der Waals surface area contributed by atoms with Crippen molar-refractivity contribution < 1.29 is 9.53 Å². The van der Waals surface area contributed by atoms with Crippen molar-refractivity contribution in [2.45, 2.75) is 6.54 Å². The third kappa shape index (κ3) is 2.84. The summed E-state index contributed by atoms with van der Waals surface area (Å²) < 4.78 is 4.38. The quantitative estimate of drug-likeness (QED) is 0.526. The van der Waals surface area contributed by atoms with Crippen LogP contribution in [0.15, 0.2) is 22.5 Å². The molecule has 1 aromatic rings. The van der Waals surface area contributed by atoms with Gasteiger partial charge in [-0.15, -0.1) is 11.3 Å². The molecule has 0 radical (unpaired) electrons. The summed E-state index contributed by atoms with van der Waals surface area (Å²) in [5.74, 6) is -0.411. The number of methoxy groups -OCH3 is 1. The van der Waals surface area contributed by atoms with Gasteiger partial charge in [0.15, 0.2) is 0 Å². The van der Waals surface area contributed by atoms with E-state index in [0.29, 0.717) is 6.54 Å². The van der Waals surface area contributed by atoms with E-state index in [1.807, 2.05) is 17.5 Å². The lowest BCUT2D eigenvalue weighted by Crippen LogP contribution is -2.00. The molecule has 64 valence electrons. The van der Waals surface area contributed by atoms with E-state index in [-0.39, 0.29) is 0 Å². The van der Waals surface area contributed by atoms with Gasteiger partial charge in [0.1, 0.15) is 6.21 Å². The molecule has 0 saturated heterocycles. The highest BCUT2D eigenvalue weighted by Gasteiger charge is 1.92. The van der Waals surface area contributed by atoms with Gasteiger partial charge in [0.25, 0.3) is 0 Å². The highest BCUT2D eigenvalue weighted by atomic mass is 32.1. The molecule has 0 aromatic carbocycles. The average molecular weight is 183 g/mol. The van der Waals surface area contributed by atoms with Gasteiger partial charge < -0.3 is 4.74 Å². The smallest absolute Gasteiger partial charge is 0.348 e. The molecule has 0 N–H and O–H groups in total. The van der Waals surface area contributed by atoms with Crippen LogP contribution < -0.4 is 0 Å². The fourth-order valence-corrected chi connectivity index (χ4v) is 1.30. The molecule has 1 rings (SSSR count). The molecule has 0 saturated carbocycles. The molecule has 0 spiro atoms. The summed E-state index contributed by atoms with van der Waals surface area (Å²) in [4.78, 5) is 15.6. The molecular weight excluding hydrogens is 174 g/mol. The molecule has 1 aromatic heterocycles. The lowest BCUT2D eigenvalue weighted by Gasteiger charge is -1.89. The third-order valence-electron chi connectivity index (χ3n) is 1.23. The Balaban J connectivity index is 2.35. The number of carbonyl (C=O) groups is 1. The first kappa shape index (κ1) is 8.93. The van der Waals surface area contributed by atoms with E-state index in [4.69, 9.17) is 0 Å². The van der Waals surface area contributed by atoms with Gasteiger partial charge in [0, 0.05) is 4.88 Å². The molecule has 4 heteroatoms. The van der Waals surface area contributed by atoms with Crippen molar-refractivity contribution >= 4 is 23.5 Å². The number of rotatable bonds is 3. The normalized spacial score (nSPS) is 10.4. The lowest BCUT2D eigenvalue weighted by molar-refractivity contribution is -0.132. The van der Waals surface area contributed by atoms with E-state index >= 15 is 0 Å². The second kappa shape index (κ2) is 4.66. The molecule has 0 bridgehead atoms. The molecule has 12 heavy (non-hydrogen) atoms. The maximum atomic E-state index is 10.6. The Kier molecular flexibility index (Phi) is 3.47. The average Bonchev–Trinajstić information content (AvgIpc) is 2.57. The van der Waals surface area contributed by atoms with Gasteiger partial charge in [-0.05, 0) is 11.4 Å². The molecule has 1 heterocycles. The van der Waals surface area contributed by atoms with Crippen molar-refractivity contribution in [1.82, 2.24) is 0 Å². The van der Waals surface area contributed by atoms with Crippen molar-refractivity contribution in [1.29, 1.82) is 0 Å². The number of hydrogen-bond acceptors (Lipinski definition) is 4. The van der Waals surface area contributed by atoms with Crippen LogP contribution >= 0.6 is 11.3 Å². The van der Waals surface area contributed by atoms with E-state index in [9.17, 15) is 4.79 Å². The van der Waals surface area contributed by atoms with Crippen LogP contribution in [0.5, 0.6) is 0 Å². The van der Waals surface area contributed by atoms with Crippen LogP contribution in [0.2, 0.25) is 0 Å². The first-order valence-corrected chi connectivity index (χ1v) is 4.31. The summed E-state index contributed by atoms with van der Waals surface area (Å²) in [6.45, 7) is 0.548. The first-order chi connectivity index (χ1) is 5.83. The first-order valence-electron chi connectivity index (χ1n) is 3.43. The predicted octanol–water partition coefficient (Wildman–Crippen LogP) is 1.49. The van der Waals surface area contributed by atoms with Gasteiger partial charge in [-0.2, -0.15) is 0 Å². The van der Waals surface area contributed by atoms with E-state index in [0.717, 1.165) is 4.88 Å². The topological polar surface area (TPSA) is 38.7 Å². The molecule has 0 aliphatic carbocycles. The van der Waals surface area contributed by atoms with Gasteiger partial charge >= 0.3 is 5.97 Å². The van der Waals surface area contributed by atoms with Gasteiger partial charge in [0.2, 0.25) is 0 Å². The van der Waals surface area contributed by atoms with Crippen molar-refractivity contribution in [3.63, 3.8) is 0 Å². The number of hydrogen-bond donors (Lipinski definition) is 0. The van der Waals surface area contributed by atoms with Crippen molar-refractivity contribution in [3.05, 3.63) is 22.4 Å². The van der Waals surface area contributed by atoms with Crippen LogP contribution in [0, 0.1) is 0 Å². The lowest BCUT2D eigenvalue weighted by atomic mass is 10.5. The molecule has 0 unspecified atom stereocenters. The van der Waals surface area contributed by atoms with Crippen molar-refractivity contribution in [2.24, 2.45) is 4.99 Å². The molecule has 0 atom stereocenters. The Bertz CT molecular complexity index is 267. The number of thiophene rings is 1. The molecule has 0 fully saturated rings. The van der Waals surface area contributed by atoms with Gasteiger partial charge in [-0.3, -0.25) is 4.99 Å². The summed E-state index contributed by atoms with van der Waals surface area (Å²) in [7, 11) is 1.33.